The van der Waals surface area contributed by atoms with Crippen LogP contribution in [0.2, 0.25) is 0 Å². The predicted octanol–water partition coefficient (Wildman–Crippen LogP) is 6.44. The van der Waals surface area contributed by atoms with Crippen LogP contribution in [0.25, 0.3) is 6.08 Å². The highest BCUT2D eigenvalue weighted by molar-refractivity contribution is 14.1. The second-order valence-corrected chi connectivity index (χ2v) is 9.29. The van der Waals surface area contributed by atoms with Crippen LogP contribution < -0.4 is 14.8 Å². The number of hydrogen-bond acceptors (Lipinski definition) is 5. The standard InChI is InChI=1S/C25H19F2IN2O3S/c1-2-32-21-12-15(11-20(28)23(21)33-14-16-5-3-4-6-19(16)27)13-22-24(31)30-25(34-22)29-18-9-7-17(26)8-10-18/h3-13H,2,14H2,1H3,(H,29,30,31)/b22-13+. The molecular weight excluding hydrogens is 573 g/mol. The Morgan fingerprint density at radius 3 is 2.59 bits per heavy atom. The smallest absolute Gasteiger partial charge is 0.264 e. The molecule has 1 aliphatic heterocycles. The van der Waals surface area contributed by atoms with Gasteiger partial charge in [0.25, 0.3) is 5.91 Å². The predicted molar refractivity (Wildman–Crippen MR) is 138 cm³/mol. The maximum Gasteiger partial charge on any atom is 0.264 e. The lowest BCUT2D eigenvalue weighted by atomic mass is 10.1. The first kappa shape index (κ1) is 24.2. The molecule has 4 rings (SSSR count). The summed E-state index contributed by atoms with van der Waals surface area (Å²) in [5.41, 5.74) is 1.72. The summed E-state index contributed by atoms with van der Waals surface area (Å²) in [4.78, 5) is 17.3. The van der Waals surface area contributed by atoms with Gasteiger partial charge in [-0.2, -0.15) is 0 Å². The average molecular weight is 592 g/mol. The molecule has 0 unspecified atom stereocenters. The van der Waals surface area contributed by atoms with E-state index in [2.05, 4.69) is 32.9 Å². The fraction of sp³-hybridized carbons (Fsp3) is 0.120. The topological polar surface area (TPSA) is 59.9 Å². The van der Waals surface area contributed by atoms with Crippen LogP contribution in [-0.2, 0) is 11.4 Å². The van der Waals surface area contributed by atoms with E-state index in [9.17, 15) is 13.6 Å². The summed E-state index contributed by atoms with van der Waals surface area (Å²) in [6, 6.07) is 15.8. The quantitative estimate of drug-likeness (QED) is 0.254. The van der Waals surface area contributed by atoms with Crippen LogP contribution in [0.4, 0.5) is 14.5 Å². The first-order valence-electron chi connectivity index (χ1n) is 10.3. The molecular formula is C25H19F2IN2O3S. The van der Waals surface area contributed by atoms with Gasteiger partial charge in [0.1, 0.15) is 18.2 Å². The fourth-order valence-corrected chi connectivity index (χ4v) is 4.73. The van der Waals surface area contributed by atoms with Gasteiger partial charge in [-0.1, -0.05) is 18.2 Å². The van der Waals surface area contributed by atoms with E-state index in [0.717, 1.165) is 9.13 Å². The third kappa shape index (κ3) is 5.95. The first-order valence-corrected chi connectivity index (χ1v) is 12.2. The molecule has 1 fully saturated rings. The van der Waals surface area contributed by atoms with E-state index in [-0.39, 0.29) is 24.1 Å². The maximum atomic E-state index is 14.0. The van der Waals surface area contributed by atoms with E-state index in [1.54, 1.807) is 30.3 Å². The lowest BCUT2D eigenvalue weighted by Crippen LogP contribution is -2.19. The lowest BCUT2D eigenvalue weighted by Gasteiger charge is -2.15. The molecule has 0 atom stereocenters. The number of aliphatic imine (C=N–C) groups is 1. The largest absolute Gasteiger partial charge is 0.490 e. The second kappa shape index (κ2) is 11.0. The molecule has 0 aliphatic carbocycles. The third-order valence-electron chi connectivity index (χ3n) is 4.67. The van der Waals surface area contributed by atoms with Crippen LogP contribution in [0.1, 0.15) is 18.1 Å². The van der Waals surface area contributed by atoms with Gasteiger partial charge in [-0.25, -0.2) is 13.8 Å². The van der Waals surface area contributed by atoms with Gasteiger partial charge < -0.3 is 14.8 Å². The highest BCUT2D eigenvalue weighted by Crippen LogP contribution is 2.37. The number of ether oxygens (including phenoxy) is 2. The maximum absolute atomic E-state index is 14.0. The zero-order valence-corrected chi connectivity index (χ0v) is 21.0. The fourth-order valence-electron chi connectivity index (χ4n) is 3.10. The molecule has 1 amide bonds. The Hall–Kier alpha value is -2.92. The molecule has 174 valence electrons. The molecule has 0 aromatic heterocycles. The zero-order chi connectivity index (χ0) is 24.1. The van der Waals surface area contributed by atoms with Crippen molar-refractivity contribution in [3.05, 3.63) is 91.9 Å². The van der Waals surface area contributed by atoms with Crippen LogP contribution in [0, 0.1) is 15.2 Å². The van der Waals surface area contributed by atoms with Gasteiger partial charge in [0.05, 0.1) is 20.8 Å². The summed E-state index contributed by atoms with van der Waals surface area (Å²) in [5, 5.41) is 3.13. The van der Waals surface area contributed by atoms with Crippen LogP contribution in [0.3, 0.4) is 0 Å². The molecule has 1 aliphatic rings. The van der Waals surface area contributed by atoms with Crippen molar-refractivity contribution >= 4 is 57.2 Å². The number of amidine groups is 1. The molecule has 3 aromatic carbocycles. The SMILES string of the molecule is CCOc1cc(/C=C2/SC(=Nc3ccc(F)cc3)NC2=O)cc(I)c1OCc1ccccc1F. The average Bonchev–Trinajstić information content (AvgIpc) is 3.14. The van der Waals surface area contributed by atoms with Gasteiger partial charge in [-0.3, -0.25) is 4.79 Å². The number of amides is 1. The van der Waals surface area contributed by atoms with Crippen molar-refractivity contribution in [2.45, 2.75) is 13.5 Å². The number of halogens is 3. The van der Waals surface area contributed by atoms with Crippen molar-refractivity contribution in [2.24, 2.45) is 4.99 Å². The Bertz CT molecular complexity index is 1280. The molecule has 1 N–H and O–H groups in total. The molecule has 34 heavy (non-hydrogen) atoms. The van der Waals surface area contributed by atoms with E-state index in [0.29, 0.717) is 39.4 Å². The number of hydrogen-bond donors (Lipinski definition) is 1. The number of rotatable bonds is 7. The molecule has 1 saturated heterocycles. The van der Waals surface area contributed by atoms with E-state index in [1.165, 1.54) is 42.1 Å². The van der Waals surface area contributed by atoms with E-state index in [1.807, 2.05) is 13.0 Å². The minimum Gasteiger partial charge on any atom is -0.490 e. The highest BCUT2D eigenvalue weighted by atomic mass is 127. The highest BCUT2D eigenvalue weighted by Gasteiger charge is 2.24. The number of nitrogens with one attached hydrogen (secondary N) is 1. The molecule has 9 heteroatoms. The van der Waals surface area contributed by atoms with Crippen molar-refractivity contribution in [3.8, 4) is 11.5 Å². The summed E-state index contributed by atoms with van der Waals surface area (Å²) in [7, 11) is 0. The number of carbonyl (C=O) groups is 1. The van der Waals surface area contributed by atoms with Crippen molar-refractivity contribution in [1.82, 2.24) is 5.32 Å². The van der Waals surface area contributed by atoms with Crippen LogP contribution in [0.5, 0.6) is 11.5 Å². The molecule has 0 spiro atoms. The van der Waals surface area contributed by atoms with Crippen LogP contribution in [-0.4, -0.2) is 17.7 Å². The molecule has 5 nitrogen and oxygen atoms in total. The summed E-state index contributed by atoms with van der Waals surface area (Å²) in [6.45, 7) is 2.33. The van der Waals surface area contributed by atoms with Gasteiger partial charge in [0.2, 0.25) is 0 Å². The van der Waals surface area contributed by atoms with Crippen LogP contribution in [0.15, 0.2) is 70.6 Å². The molecule has 1 heterocycles. The molecule has 3 aromatic rings. The second-order valence-electron chi connectivity index (χ2n) is 7.10. The van der Waals surface area contributed by atoms with Gasteiger partial charge in [-0.15, -0.1) is 0 Å². The van der Waals surface area contributed by atoms with E-state index in [4.69, 9.17) is 9.47 Å². The van der Waals surface area contributed by atoms with Gasteiger partial charge in [-0.05, 0) is 95.4 Å². The Morgan fingerprint density at radius 1 is 1.09 bits per heavy atom. The third-order valence-corrected chi connectivity index (χ3v) is 6.38. The van der Waals surface area contributed by atoms with Gasteiger partial charge >= 0.3 is 0 Å². The van der Waals surface area contributed by atoms with Crippen LogP contribution >= 0.6 is 34.4 Å². The Labute approximate surface area is 213 Å². The molecule has 0 bridgehead atoms. The minimum atomic E-state index is -0.353. The lowest BCUT2D eigenvalue weighted by molar-refractivity contribution is -0.115. The zero-order valence-electron chi connectivity index (χ0n) is 18.0. The minimum absolute atomic E-state index is 0.0602. The Balaban J connectivity index is 1.56. The summed E-state index contributed by atoms with van der Waals surface area (Å²) < 4.78 is 39.5. The normalized spacial score (nSPS) is 15.6. The number of benzene rings is 3. The Morgan fingerprint density at radius 2 is 1.85 bits per heavy atom. The summed E-state index contributed by atoms with van der Waals surface area (Å²) >= 11 is 3.32. The monoisotopic (exact) mass is 592 g/mol. The number of carbonyl (C=O) groups excluding carboxylic acids is 1. The van der Waals surface area contributed by atoms with E-state index >= 15 is 0 Å². The van der Waals surface area contributed by atoms with Crippen molar-refractivity contribution in [3.63, 3.8) is 0 Å². The molecule has 0 radical (unpaired) electrons. The first-order chi connectivity index (χ1) is 16.4. The number of nitrogens with zero attached hydrogens (tertiary/aromatic N) is 1. The molecule has 0 saturated carbocycles. The Kier molecular flexibility index (Phi) is 7.84. The summed E-state index contributed by atoms with van der Waals surface area (Å²) in [6.07, 6.45) is 1.73. The van der Waals surface area contributed by atoms with Crippen molar-refractivity contribution < 1.29 is 23.0 Å². The summed E-state index contributed by atoms with van der Waals surface area (Å²) in [5.74, 6) is 0.0442. The van der Waals surface area contributed by atoms with Crippen molar-refractivity contribution in [2.75, 3.05) is 6.61 Å². The van der Waals surface area contributed by atoms with Crippen molar-refractivity contribution in [1.29, 1.82) is 0 Å². The van der Waals surface area contributed by atoms with Gasteiger partial charge in [0.15, 0.2) is 16.7 Å². The van der Waals surface area contributed by atoms with E-state index < -0.39 is 0 Å². The number of thioether (sulfide) groups is 1. The van der Waals surface area contributed by atoms with Gasteiger partial charge in [0, 0.05) is 5.56 Å².